The number of rotatable bonds is 3. The molecule has 72 valence electrons. The second kappa shape index (κ2) is 3.69. The van der Waals surface area contributed by atoms with Crippen LogP contribution in [0.25, 0.3) is 0 Å². The Labute approximate surface area is 71.9 Å². The molecule has 0 bridgehead atoms. The van der Waals surface area contributed by atoms with Crippen LogP contribution in [0.4, 0.5) is 0 Å². The Bertz CT molecular complexity index is 239. The number of hydrogen-bond acceptors (Lipinski definition) is 5. The Morgan fingerprint density at radius 3 is 2.58 bits per heavy atom. The molecule has 1 saturated heterocycles. The monoisotopic (exact) mass is 194 g/mol. The maximum Gasteiger partial charge on any atom is 0.154 e. The first-order chi connectivity index (χ1) is 5.55. The lowest BCUT2D eigenvalue weighted by atomic mass is 10.2. The van der Waals surface area contributed by atoms with E-state index in [2.05, 4.69) is 5.32 Å². The Hall–Kier alpha value is -0.170. The summed E-state index contributed by atoms with van der Waals surface area (Å²) in [6.07, 6.45) is -0.776. The van der Waals surface area contributed by atoms with Gasteiger partial charge in [0.05, 0.1) is 17.6 Å². The molecule has 0 saturated carbocycles. The van der Waals surface area contributed by atoms with Crippen LogP contribution in [0.3, 0.4) is 0 Å². The average molecular weight is 194 g/mol. The SMILES string of the molecule is NCCN[C@@H]1CS(=O)(=O)C[C@H]1O. The summed E-state index contributed by atoms with van der Waals surface area (Å²) >= 11 is 0. The number of nitrogens with one attached hydrogen (secondary N) is 1. The summed E-state index contributed by atoms with van der Waals surface area (Å²) in [6, 6.07) is -0.335. The van der Waals surface area contributed by atoms with Crippen molar-refractivity contribution in [3.8, 4) is 0 Å². The lowest BCUT2D eigenvalue weighted by Gasteiger charge is -2.13. The molecule has 0 aliphatic carbocycles. The van der Waals surface area contributed by atoms with Gasteiger partial charge in [-0.15, -0.1) is 0 Å². The van der Waals surface area contributed by atoms with E-state index in [4.69, 9.17) is 5.73 Å². The largest absolute Gasteiger partial charge is 0.390 e. The fourth-order valence-corrected chi connectivity index (χ4v) is 3.07. The summed E-state index contributed by atoms with van der Waals surface area (Å²) in [4.78, 5) is 0. The van der Waals surface area contributed by atoms with Crippen LogP contribution >= 0.6 is 0 Å². The number of sulfone groups is 1. The molecule has 1 fully saturated rings. The van der Waals surface area contributed by atoms with E-state index in [1.165, 1.54) is 0 Å². The van der Waals surface area contributed by atoms with Crippen molar-refractivity contribution in [1.29, 1.82) is 0 Å². The second-order valence-corrected chi connectivity index (χ2v) is 5.15. The third-order valence-electron chi connectivity index (χ3n) is 1.87. The highest BCUT2D eigenvalue weighted by atomic mass is 32.2. The number of nitrogens with two attached hydrogens (primary N) is 1. The van der Waals surface area contributed by atoms with Crippen molar-refractivity contribution in [3.05, 3.63) is 0 Å². The molecule has 0 radical (unpaired) electrons. The van der Waals surface area contributed by atoms with Crippen LogP contribution < -0.4 is 11.1 Å². The summed E-state index contributed by atoms with van der Waals surface area (Å²) in [5, 5.41) is 12.2. The van der Waals surface area contributed by atoms with Crippen LogP contribution in [0.5, 0.6) is 0 Å². The van der Waals surface area contributed by atoms with E-state index in [0.29, 0.717) is 13.1 Å². The molecule has 5 nitrogen and oxygen atoms in total. The molecule has 1 aliphatic rings. The standard InChI is InChI=1S/C6H14N2O3S/c7-1-2-8-5-3-12(10,11)4-6(5)9/h5-6,8-9H,1-4,7H2/t5-,6-/m1/s1. The smallest absolute Gasteiger partial charge is 0.154 e. The van der Waals surface area contributed by atoms with Gasteiger partial charge in [0.2, 0.25) is 0 Å². The van der Waals surface area contributed by atoms with Crippen molar-refractivity contribution < 1.29 is 13.5 Å². The molecular weight excluding hydrogens is 180 g/mol. The van der Waals surface area contributed by atoms with Crippen molar-refractivity contribution in [2.75, 3.05) is 24.6 Å². The van der Waals surface area contributed by atoms with Gasteiger partial charge in [-0.2, -0.15) is 0 Å². The normalized spacial score (nSPS) is 33.8. The van der Waals surface area contributed by atoms with E-state index in [0.717, 1.165) is 0 Å². The van der Waals surface area contributed by atoms with Crippen LogP contribution in [0.1, 0.15) is 0 Å². The Morgan fingerprint density at radius 2 is 2.17 bits per heavy atom. The first-order valence-corrected chi connectivity index (χ1v) is 5.69. The zero-order valence-corrected chi connectivity index (χ0v) is 7.55. The third-order valence-corrected chi connectivity index (χ3v) is 3.59. The van der Waals surface area contributed by atoms with Crippen LogP contribution in [0.2, 0.25) is 0 Å². The fourth-order valence-electron chi connectivity index (χ4n) is 1.29. The molecule has 6 heteroatoms. The topological polar surface area (TPSA) is 92.4 Å². The van der Waals surface area contributed by atoms with E-state index in [1.807, 2.05) is 0 Å². The molecule has 1 aliphatic heterocycles. The predicted molar refractivity (Wildman–Crippen MR) is 45.5 cm³/mol. The van der Waals surface area contributed by atoms with E-state index < -0.39 is 15.9 Å². The summed E-state index contributed by atoms with van der Waals surface area (Å²) < 4.78 is 22.0. The van der Waals surface area contributed by atoms with Crippen LogP contribution in [0.15, 0.2) is 0 Å². The van der Waals surface area contributed by atoms with E-state index >= 15 is 0 Å². The second-order valence-electron chi connectivity index (χ2n) is 2.99. The number of aliphatic hydroxyl groups is 1. The van der Waals surface area contributed by atoms with Gasteiger partial charge in [-0.1, -0.05) is 0 Å². The molecule has 0 aromatic heterocycles. The van der Waals surface area contributed by atoms with Crippen molar-refractivity contribution >= 4 is 9.84 Å². The van der Waals surface area contributed by atoms with Gasteiger partial charge >= 0.3 is 0 Å². The number of aliphatic hydroxyl groups excluding tert-OH is 1. The van der Waals surface area contributed by atoms with Gasteiger partial charge < -0.3 is 16.2 Å². The van der Waals surface area contributed by atoms with Gasteiger partial charge in [-0.3, -0.25) is 0 Å². The maximum absolute atomic E-state index is 11.0. The summed E-state index contributed by atoms with van der Waals surface area (Å²) in [6.45, 7) is 0.987. The van der Waals surface area contributed by atoms with Gasteiger partial charge in [0.1, 0.15) is 0 Å². The molecule has 0 aromatic carbocycles. The molecular formula is C6H14N2O3S. The maximum atomic E-state index is 11.0. The zero-order chi connectivity index (χ0) is 9.19. The summed E-state index contributed by atoms with van der Waals surface area (Å²) in [5.74, 6) is -0.108. The van der Waals surface area contributed by atoms with E-state index in [1.54, 1.807) is 0 Å². The highest BCUT2D eigenvalue weighted by Gasteiger charge is 2.35. The van der Waals surface area contributed by atoms with Crippen molar-refractivity contribution in [2.45, 2.75) is 12.1 Å². The van der Waals surface area contributed by atoms with Gasteiger partial charge in [0.15, 0.2) is 9.84 Å². The van der Waals surface area contributed by atoms with E-state index in [9.17, 15) is 13.5 Å². The van der Waals surface area contributed by atoms with E-state index in [-0.39, 0.29) is 17.5 Å². The Morgan fingerprint density at radius 1 is 1.50 bits per heavy atom. The lowest BCUT2D eigenvalue weighted by Crippen LogP contribution is -2.41. The molecule has 2 atom stereocenters. The van der Waals surface area contributed by atoms with Gasteiger partial charge in [-0.25, -0.2) is 8.42 Å². The van der Waals surface area contributed by atoms with Crippen LogP contribution in [-0.4, -0.2) is 50.3 Å². The first kappa shape index (κ1) is 9.91. The number of hydrogen-bond donors (Lipinski definition) is 3. The minimum absolute atomic E-state index is 0.0220. The molecule has 12 heavy (non-hydrogen) atoms. The lowest BCUT2D eigenvalue weighted by molar-refractivity contribution is 0.167. The van der Waals surface area contributed by atoms with Crippen LogP contribution in [0, 0.1) is 0 Å². The quantitative estimate of drug-likeness (QED) is 0.469. The Balaban J connectivity index is 2.47. The third kappa shape index (κ3) is 2.41. The minimum atomic E-state index is -3.03. The molecule has 0 aromatic rings. The molecule has 4 N–H and O–H groups in total. The van der Waals surface area contributed by atoms with Crippen LogP contribution in [-0.2, 0) is 9.84 Å². The highest BCUT2D eigenvalue weighted by molar-refractivity contribution is 7.91. The van der Waals surface area contributed by atoms with Crippen molar-refractivity contribution in [3.63, 3.8) is 0 Å². The Kier molecular flexibility index (Phi) is 3.05. The van der Waals surface area contributed by atoms with Crippen molar-refractivity contribution in [2.24, 2.45) is 5.73 Å². The zero-order valence-electron chi connectivity index (χ0n) is 6.73. The van der Waals surface area contributed by atoms with Gasteiger partial charge in [0, 0.05) is 19.1 Å². The summed E-state index contributed by atoms with van der Waals surface area (Å²) in [5.41, 5.74) is 5.23. The minimum Gasteiger partial charge on any atom is -0.390 e. The molecule has 0 unspecified atom stereocenters. The molecule has 1 heterocycles. The molecule has 0 spiro atoms. The fraction of sp³-hybridized carbons (Fsp3) is 1.00. The molecule has 0 amide bonds. The average Bonchev–Trinajstić information content (AvgIpc) is 2.20. The highest BCUT2D eigenvalue weighted by Crippen LogP contribution is 2.11. The van der Waals surface area contributed by atoms with Crippen molar-refractivity contribution in [1.82, 2.24) is 5.32 Å². The van der Waals surface area contributed by atoms with Gasteiger partial charge in [-0.05, 0) is 0 Å². The first-order valence-electron chi connectivity index (χ1n) is 3.87. The molecule has 1 rings (SSSR count). The van der Waals surface area contributed by atoms with Gasteiger partial charge in [0.25, 0.3) is 0 Å². The summed E-state index contributed by atoms with van der Waals surface area (Å²) in [7, 11) is -3.03. The predicted octanol–water partition coefficient (Wildman–Crippen LogP) is -2.31.